The topological polar surface area (TPSA) is 118 Å². The lowest BCUT2D eigenvalue weighted by Gasteiger charge is -2.16. The number of benzene rings is 1. The van der Waals surface area contributed by atoms with Crippen molar-refractivity contribution in [1.29, 1.82) is 0 Å². The lowest BCUT2D eigenvalue weighted by atomic mass is 10.0. The number of hydrogen-bond acceptors (Lipinski definition) is 7. The zero-order valence-corrected chi connectivity index (χ0v) is 17.4. The van der Waals surface area contributed by atoms with Crippen molar-refractivity contribution in [3.8, 4) is 11.1 Å². The molecule has 0 aliphatic carbocycles. The van der Waals surface area contributed by atoms with Gasteiger partial charge in [-0.3, -0.25) is 9.20 Å². The molecule has 1 amide bonds. The predicted molar refractivity (Wildman–Crippen MR) is 109 cm³/mol. The highest BCUT2D eigenvalue weighted by Crippen LogP contribution is 2.28. The van der Waals surface area contributed by atoms with E-state index in [1.165, 1.54) is 12.1 Å². The van der Waals surface area contributed by atoms with Gasteiger partial charge in [0, 0.05) is 11.8 Å². The molecule has 3 aromatic heterocycles. The third-order valence-corrected chi connectivity index (χ3v) is 4.73. The predicted octanol–water partition coefficient (Wildman–Crippen LogP) is 2.95. The average molecular weight is 424 g/mol. The highest BCUT2D eigenvalue weighted by atomic mass is 19.1. The summed E-state index contributed by atoms with van der Waals surface area (Å²) in [4.78, 5) is 17.2. The van der Waals surface area contributed by atoms with Gasteiger partial charge < -0.3 is 14.9 Å². The lowest BCUT2D eigenvalue weighted by Crippen LogP contribution is -2.27. The van der Waals surface area contributed by atoms with Crippen molar-refractivity contribution in [2.24, 2.45) is 0 Å². The van der Waals surface area contributed by atoms with Gasteiger partial charge in [0.05, 0.1) is 5.56 Å². The fraction of sp³-hybridized carbons (Fsp3) is 0.286. The van der Waals surface area contributed by atoms with Crippen LogP contribution in [0.2, 0.25) is 0 Å². The summed E-state index contributed by atoms with van der Waals surface area (Å²) in [5.74, 6) is 0.240. The maximum absolute atomic E-state index is 13.4. The van der Waals surface area contributed by atoms with E-state index < -0.39 is 17.6 Å². The SMILES string of the molecule is Cc1noc([C@@H](C)NC(=O)c2cc(-c3ccc(F)cc3)c3nnc(C(C)(C)O)n3c2)n1. The van der Waals surface area contributed by atoms with Gasteiger partial charge in [-0.1, -0.05) is 17.3 Å². The molecule has 0 saturated carbocycles. The molecule has 9 nitrogen and oxygen atoms in total. The molecular weight excluding hydrogens is 403 g/mol. The first-order valence-electron chi connectivity index (χ1n) is 9.62. The standard InChI is InChI=1S/C21H21FN6O3/c1-11(19-24-12(2)27-31-19)23-18(29)14-9-16(13-5-7-15(22)8-6-13)17-25-26-20(21(3,4)30)28(17)10-14/h5-11,30H,1-4H3,(H,23,29)/t11-/m1/s1. The fourth-order valence-corrected chi connectivity index (χ4v) is 3.21. The summed E-state index contributed by atoms with van der Waals surface area (Å²) in [7, 11) is 0. The lowest BCUT2D eigenvalue weighted by molar-refractivity contribution is 0.0675. The van der Waals surface area contributed by atoms with E-state index in [1.807, 2.05) is 0 Å². The maximum Gasteiger partial charge on any atom is 0.253 e. The number of hydrogen-bond donors (Lipinski definition) is 2. The second-order valence-corrected chi connectivity index (χ2v) is 7.80. The zero-order valence-electron chi connectivity index (χ0n) is 17.4. The van der Waals surface area contributed by atoms with Gasteiger partial charge in [-0.25, -0.2) is 4.39 Å². The van der Waals surface area contributed by atoms with Gasteiger partial charge in [-0.15, -0.1) is 10.2 Å². The number of carbonyl (C=O) groups excluding carboxylic acids is 1. The number of amides is 1. The maximum atomic E-state index is 13.4. The van der Waals surface area contributed by atoms with Crippen molar-refractivity contribution in [3.05, 3.63) is 65.4 Å². The van der Waals surface area contributed by atoms with Crippen LogP contribution in [-0.2, 0) is 5.60 Å². The number of carbonyl (C=O) groups is 1. The summed E-state index contributed by atoms with van der Waals surface area (Å²) in [5.41, 5.74) is 0.637. The number of aliphatic hydroxyl groups is 1. The number of nitrogens with zero attached hydrogens (tertiary/aromatic N) is 5. The van der Waals surface area contributed by atoms with E-state index in [-0.39, 0.29) is 17.5 Å². The van der Waals surface area contributed by atoms with Crippen LogP contribution < -0.4 is 5.32 Å². The van der Waals surface area contributed by atoms with Crippen molar-refractivity contribution in [2.75, 3.05) is 0 Å². The first kappa shape index (κ1) is 20.6. The molecule has 0 saturated heterocycles. The van der Waals surface area contributed by atoms with Gasteiger partial charge in [0.15, 0.2) is 17.3 Å². The van der Waals surface area contributed by atoms with Crippen molar-refractivity contribution in [2.45, 2.75) is 39.3 Å². The third-order valence-electron chi connectivity index (χ3n) is 4.73. The molecule has 0 spiro atoms. The van der Waals surface area contributed by atoms with E-state index in [4.69, 9.17) is 4.52 Å². The Balaban J connectivity index is 1.81. The van der Waals surface area contributed by atoms with Crippen molar-refractivity contribution >= 4 is 11.6 Å². The first-order chi connectivity index (χ1) is 14.6. The van der Waals surface area contributed by atoms with E-state index in [9.17, 15) is 14.3 Å². The van der Waals surface area contributed by atoms with Gasteiger partial charge in [-0.2, -0.15) is 4.98 Å². The Morgan fingerprint density at radius 1 is 1.26 bits per heavy atom. The van der Waals surface area contributed by atoms with Crippen molar-refractivity contribution < 1.29 is 18.8 Å². The molecule has 31 heavy (non-hydrogen) atoms. The third kappa shape index (κ3) is 4.02. The van der Waals surface area contributed by atoms with Crippen LogP contribution in [0.3, 0.4) is 0 Å². The molecule has 0 bridgehead atoms. The van der Waals surface area contributed by atoms with Crippen LogP contribution in [0.25, 0.3) is 16.8 Å². The Bertz CT molecular complexity index is 1260. The van der Waals surface area contributed by atoms with Crippen molar-refractivity contribution in [3.63, 3.8) is 0 Å². The number of aromatic nitrogens is 5. The van der Waals surface area contributed by atoms with Gasteiger partial charge >= 0.3 is 0 Å². The van der Waals surface area contributed by atoms with Crippen LogP contribution in [0.1, 0.15) is 54.7 Å². The Morgan fingerprint density at radius 2 is 1.97 bits per heavy atom. The number of pyridine rings is 1. The van der Waals surface area contributed by atoms with Gasteiger partial charge in [-0.05, 0) is 51.5 Å². The van der Waals surface area contributed by atoms with Crippen LogP contribution in [0.4, 0.5) is 4.39 Å². The van der Waals surface area contributed by atoms with Crippen LogP contribution in [0.5, 0.6) is 0 Å². The molecule has 1 aromatic carbocycles. The van der Waals surface area contributed by atoms with E-state index in [2.05, 4.69) is 25.7 Å². The summed E-state index contributed by atoms with van der Waals surface area (Å²) in [5, 5.41) is 25.3. The molecule has 2 N–H and O–H groups in total. The molecule has 0 aliphatic heterocycles. The number of aryl methyl sites for hydroxylation is 1. The number of rotatable bonds is 5. The molecule has 1 atom stereocenters. The van der Waals surface area contributed by atoms with Gasteiger partial charge in [0.1, 0.15) is 17.5 Å². The quantitative estimate of drug-likeness (QED) is 0.506. The minimum absolute atomic E-state index is 0.265. The normalized spacial score (nSPS) is 12.8. The van der Waals surface area contributed by atoms with Crippen LogP contribution in [-0.4, -0.2) is 35.8 Å². The minimum atomic E-state index is -1.30. The average Bonchev–Trinajstić information content (AvgIpc) is 3.34. The fourth-order valence-electron chi connectivity index (χ4n) is 3.21. The summed E-state index contributed by atoms with van der Waals surface area (Å²) in [6.07, 6.45) is 1.55. The largest absolute Gasteiger partial charge is 0.382 e. The molecular formula is C21H21FN6O3. The molecule has 0 fully saturated rings. The Kier molecular flexibility index (Phi) is 5.02. The summed E-state index contributed by atoms with van der Waals surface area (Å²) in [6, 6.07) is 6.96. The van der Waals surface area contributed by atoms with E-state index in [0.717, 1.165) is 0 Å². The molecule has 0 aliphatic rings. The van der Waals surface area contributed by atoms with Crippen LogP contribution >= 0.6 is 0 Å². The summed E-state index contributed by atoms with van der Waals surface area (Å²) in [6.45, 7) is 6.57. The Labute approximate surface area is 176 Å². The molecule has 4 rings (SSSR count). The Hall–Kier alpha value is -3.66. The number of fused-ring (bicyclic) bond motifs is 1. The second kappa shape index (κ2) is 7.55. The molecule has 0 radical (unpaired) electrons. The van der Waals surface area contributed by atoms with E-state index in [0.29, 0.717) is 28.2 Å². The minimum Gasteiger partial charge on any atom is -0.382 e. The van der Waals surface area contributed by atoms with E-state index in [1.54, 1.807) is 56.5 Å². The first-order valence-corrected chi connectivity index (χ1v) is 9.62. The number of halogens is 1. The summed E-state index contributed by atoms with van der Waals surface area (Å²) >= 11 is 0. The molecule has 3 heterocycles. The highest BCUT2D eigenvalue weighted by Gasteiger charge is 2.26. The van der Waals surface area contributed by atoms with E-state index >= 15 is 0 Å². The van der Waals surface area contributed by atoms with Gasteiger partial charge in [0.25, 0.3) is 5.91 Å². The number of nitrogens with one attached hydrogen (secondary N) is 1. The molecule has 10 heteroatoms. The van der Waals surface area contributed by atoms with Gasteiger partial charge in [0.2, 0.25) is 5.89 Å². The van der Waals surface area contributed by atoms with Crippen LogP contribution in [0, 0.1) is 12.7 Å². The smallest absolute Gasteiger partial charge is 0.253 e. The molecule has 160 valence electrons. The summed E-state index contributed by atoms with van der Waals surface area (Å²) < 4.78 is 20.1. The van der Waals surface area contributed by atoms with Crippen LogP contribution in [0.15, 0.2) is 41.1 Å². The zero-order chi connectivity index (χ0) is 22.3. The molecule has 0 unspecified atom stereocenters. The monoisotopic (exact) mass is 424 g/mol. The molecule has 4 aromatic rings. The van der Waals surface area contributed by atoms with Crippen molar-refractivity contribution in [1.82, 2.24) is 30.1 Å². The Morgan fingerprint density at radius 3 is 2.58 bits per heavy atom. The highest BCUT2D eigenvalue weighted by molar-refractivity contribution is 5.96. The second-order valence-electron chi connectivity index (χ2n) is 7.80.